The number of rotatable bonds is 4. The van der Waals surface area contributed by atoms with Crippen LogP contribution in [0.4, 0.5) is 0 Å². The summed E-state index contributed by atoms with van der Waals surface area (Å²) in [5.41, 5.74) is -0.241. The molecule has 0 saturated carbocycles. The predicted molar refractivity (Wildman–Crippen MR) is 91.3 cm³/mol. The maximum atomic E-state index is 12.7. The van der Waals surface area contributed by atoms with Gasteiger partial charge in [-0.3, -0.25) is 19.2 Å². The standard InChI is InChI=1S/C20H12O4.H2O/c21-15-11-12-16(22)18(20(24)14-9-5-2-6-10-14)17(15)19(23)13-7-3-1-4-8-13;/h1-12H;1H2. The van der Waals surface area contributed by atoms with Crippen LogP contribution >= 0.6 is 0 Å². The lowest BCUT2D eigenvalue weighted by atomic mass is 9.85. The summed E-state index contributed by atoms with van der Waals surface area (Å²) in [7, 11) is 0. The number of hydrogen-bond donors (Lipinski definition) is 0. The molecule has 0 fully saturated rings. The molecule has 0 atom stereocenters. The second-order valence-corrected chi connectivity index (χ2v) is 5.20. The first kappa shape index (κ1) is 17.9. The number of ketones is 4. The Morgan fingerprint density at radius 1 is 0.560 bits per heavy atom. The summed E-state index contributed by atoms with van der Waals surface area (Å²) in [6, 6.07) is 16.2. The number of allylic oxidation sites excluding steroid dienone is 4. The molecule has 5 heteroatoms. The molecule has 0 spiro atoms. The Bertz CT molecular complexity index is 830. The van der Waals surface area contributed by atoms with E-state index in [1.807, 2.05) is 0 Å². The molecule has 5 nitrogen and oxygen atoms in total. The minimum atomic E-state index is -0.636. The van der Waals surface area contributed by atoms with Crippen LogP contribution in [0.25, 0.3) is 0 Å². The third-order valence-corrected chi connectivity index (χ3v) is 3.65. The van der Waals surface area contributed by atoms with E-state index in [-0.39, 0.29) is 27.7 Å². The van der Waals surface area contributed by atoms with Gasteiger partial charge in [-0.25, -0.2) is 0 Å². The maximum absolute atomic E-state index is 12.7. The van der Waals surface area contributed by atoms with Gasteiger partial charge in [0.15, 0.2) is 23.1 Å². The van der Waals surface area contributed by atoms with Crippen LogP contribution in [-0.4, -0.2) is 28.6 Å². The van der Waals surface area contributed by atoms with Gasteiger partial charge in [-0.05, 0) is 12.2 Å². The maximum Gasteiger partial charge on any atom is 0.197 e. The third-order valence-electron chi connectivity index (χ3n) is 3.65. The number of hydrogen-bond acceptors (Lipinski definition) is 4. The average Bonchev–Trinajstić information content (AvgIpc) is 2.63. The van der Waals surface area contributed by atoms with E-state index in [0.29, 0.717) is 0 Å². The van der Waals surface area contributed by atoms with E-state index in [1.54, 1.807) is 36.4 Å². The number of benzene rings is 2. The molecule has 2 aromatic carbocycles. The lowest BCUT2D eigenvalue weighted by Gasteiger charge is -2.13. The van der Waals surface area contributed by atoms with Gasteiger partial charge in [0.2, 0.25) is 0 Å². The predicted octanol–water partition coefficient (Wildman–Crippen LogP) is 1.93. The van der Waals surface area contributed by atoms with E-state index in [4.69, 9.17) is 0 Å². The highest BCUT2D eigenvalue weighted by Gasteiger charge is 2.33. The van der Waals surface area contributed by atoms with Crippen molar-refractivity contribution in [1.29, 1.82) is 0 Å². The van der Waals surface area contributed by atoms with Crippen molar-refractivity contribution < 1.29 is 24.7 Å². The quantitative estimate of drug-likeness (QED) is 0.484. The summed E-state index contributed by atoms with van der Waals surface area (Å²) < 4.78 is 0. The zero-order chi connectivity index (χ0) is 17.1. The number of carbonyl (C=O) groups is 4. The lowest BCUT2D eigenvalue weighted by Crippen LogP contribution is -2.26. The highest BCUT2D eigenvalue weighted by Crippen LogP contribution is 2.22. The van der Waals surface area contributed by atoms with Gasteiger partial charge in [-0.2, -0.15) is 0 Å². The lowest BCUT2D eigenvalue weighted by molar-refractivity contribution is -0.114. The molecule has 0 amide bonds. The monoisotopic (exact) mass is 334 g/mol. The van der Waals surface area contributed by atoms with Crippen molar-refractivity contribution in [1.82, 2.24) is 0 Å². The molecule has 124 valence electrons. The Hall–Kier alpha value is -3.44. The topological polar surface area (TPSA) is 99.8 Å². The normalized spacial score (nSPS) is 13.4. The fraction of sp³-hybridized carbons (Fsp3) is 0. The van der Waals surface area contributed by atoms with Crippen molar-refractivity contribution in [3.63, 3.8) is 0 Å². The van der Waals surface area contributed by atoms with Crippen LogP contribution in [-0.2, 0) is 9.59 Å². The minimum absolute atomic E-state index is 0. The molecule has 2 N–H and O–H groups in total. The van der Waals surface area contributed by atoms with E-state index in [2.05, 4.69) is 0 Å². The molecule has 0 saturated heterocycles. The van der Waals surface area contributed by atoms with E-state index >= 15 is 0 Å². The average molecular weight is 334 g/mol. The molecule has 0 heterocycles. The van der Waals surface area contributed by atoms with Gasteiger partial charge in [-0.1, -0.05) is 60.7 Å². The summed E-state index contributed by atoms with van der Waals surface area (Å²) >= 11 is 0. The van der Waals surface area contributed by atoms with Crippen molar-refractivity contribution in [2.75, 3.05) is 0 Å². The molecular formula is C20H14O5. The Kier molecular flexibility index (Phi) is 5.31. The fourth-order valence-corrected chi connectivity index (χ4v) is 2.48. The van der Waals surface area contributed by atoms with Crippen molar-refractivity contribution in [3.05, 3.63) is 95.1 Å². The van der Waals surface area contributed by atoms with Crippen LogP contribution < -0.4 is 0 Å². The zero-order valence-electron chi connectivity index (χ0n) is 13.1. The molecule has 1 aliphatic rings. The summed E-state index contributed by atoms with van der Waals surface area (Å²) in [4.78, 5) is 49.8. The highest BCUT2D eigenvalue weighted by molar-refractivity contribution is 6.43. The van der Waals surface area contributed by atoms with Crippen LogP contribution in [0.3, 0.4) is 0 Å². The fourth-order valence-electron chi connectivity index (χ4n) is 2.48. The molecular weight excluding hydrogens is 320 g/mol. The van der Waals surface area contributed by atoms with Crippen molar-refractivity contribution >= 4 is 23.1 Å². The molecule has 0 radical (unpaired) electrons. The van der Waals surface area contributed by atoms with Crippen LogP contribution in [0, 0.1) is 0 Å². The Morgan fingerprint density at radius 3 is 1.20 bits per heavy atom. The summed E-state index contributed by atoms with van der Waals surface area (Å²) in [5, 5.41) is 0. The van der Waals surface area contributed by atoms with E-state index in [9.17, 15) is 19.2 Å². The first-order valence-electron chi connectivity index (χ1n) is 7.30. The van der Waals surface area contributed by atoms with E-state index in [1.165, 1.54) is 24.3 Å². The zero-order valence-corrected chi connectivity index (χ0v) is 13.1. The van der Waals surface area contributed by atoms with Gasteiger partial charge in [-0.15, -0.1) is 0 Å². The highest BCUT2D eigenvalue weighted by atomic mass is 16.2. The molecule has 0 aromatic heterocycles. The molecule has 2 aromatic rings. The second kappa shape index (κ2) is 7.42. The minimum Gasteiger partial charge on any atom is -0.412 e. The Labute approximate surface area is 143 Å². The Balaban J connectivity index is 0.00000225. The Morgan fingerprint density at radius 2 is 0.880 bits per heavy atom. The summed E-state index contributed by atoms with van der Waals surface area (Å²) in [6.07, 6.45) is 2.06. The second-order valence-electron chi connectivity index (χ2n) is 5.20. The van der Waals surface area contributed by atoms with Crippen LogP contribution in [0.5, 0.6) is 0 Å². The molecule has 0 bridgehead atoms. The van der Waals surface area contributed by atoms with Gasteiger partial charge in [0.05, 0.1) is 11.1 Å². The number of Topliss-reactive ketones (excluding diaryl/α,β-unsaturated/α-hetero) is 2. The van der Waals surface area contributed by atoms with Gasteiger partial charge >= 0.3 is 0 Å². The van der Waals surface area contributed by atoms with Crippen molar-refractivity contribution in [2.24, 2.45) is 0 Å². The van der Waals surface area contributed by atoms with Gasteiger partial charge < -0.3 is 5.48 Å². The van der Waals surface area contributed by atoms with Gasteiger partial charge in [0, 0.05) is 11.1 Å². The smallest absolute Gasteiger partial charge is 0.197 e. The van der Waals surface area contributed by atoms with Crippen LogP contribution in [0.2, 0.25) is 0 Å². The molecule has 25 heavy (non-hydrogen) atoms. The van der Waals surface area contributed by atoms with Crippen LogP contribution in [0.15, 0.2) is 84.0 Å². The summed E-state index contributed by atoms with van der Waals surface area (Å²) in [5.74, 6) is -2.53. The molecule has 0 unspecified atom stereocenters. The third kappa shape index (κ3) is 3.41. The van der Waals surface area contributed by atoms with Crippen LogP contribution in [0.1, 0.15) is 20.7 Å². The first-order valence-corrected chi connectivity index (χ1v) is 7.30. The first-order chi connectivity index (χ1) is 11.6. The SMILES string of the molecule is O.O=C1C=CC(=O)C(C(=O)c2ccccc2)=C1C(=O)c1ccccc1. The largest absolute Gasteiger partial charge is 0.412 e. The summed E-state index contributed by atoms with van der Waals surface area (Å²) in [6.45, 7) is 0. The van der Waals surface area contributed by atoms with Gasteiger partial charge in [0.25, 0.3) is 0 Å². The van der Waals surface area contributed by atoms with Gasteiger partial charge in [0.1, 0.15) is 0 Å². The van der Waals surface area contributed by atoms with Crippen molar-refractivity contribution in [3.8, 4) is 0 Å². The molecule has 1 aliphatic carbocycles. The van der Waals surface area contributed by atoms with Crippen molar-refractivity contribution in [2.45, 2.75) is 0 Å². The van der Waals surface area contributed by atoms with E-state index in [0.717, 1.165) is 12.2 Å². The molecule has 3 rings (SSSR count). The number of carbonyl (C=O) groups excluding carboxylic acids is 4. The van der Waals surface area contributed by atoms with E-state index < -0.39 is 23.1 Å². The molecule has 0 aliphatic heterocycles.